The molecule has 1 saturated heterocycles. The Morgan fingerprint density at radius 1 is 1.21 bits per heavy atom. The van der Waals surface area contributed by atoms with E-state index in [0.717, 1.165) is 52.8 Å². The molecular formula is C23H22F2N2O2. The summed E-state index contributed by atoms with van der Waals surface area (Å²) in [5.41, 5.74) is 1.42. The summed E-state index contributed by atoms with van der Waals surface area (Å²) in [6, 6.07) is 9.40. The van der Waals surface area contributed by atoms with Gasteiger partial charge >= 0.3 is 0 Å². The number of hydrogen-bond acceptors (Lipinski definition) is 3. The van der Waals surface area contributed by atoms with Crippen molar-refractivity contribution in [3.8, 4) is 5.75 Å². The Hall–Kier alpha value is -3.02. The Morgan fingerprint density at radius 3 is 2.69 bits per heavy atom. The fraction of sp³-hybridized carbons (Fsp3) is 0.304. The number of pyridine rings is 1. The van der Waals surface area contributed by atoms with E-state index in [0.29, 0.717) is 13.1 Å². The number of likely N-dealkylation sites (tertiary alicyclic amines) is 1. The van der Waals surface area contributed by atoms with E-state index in [1.54, 1.807) is 7.11 Å². The van der Waals surface area contributed by atoms with Crippen LogP contribution in [-0.2, 0) is 0 Å². The van der Waals surface area contributed by atoms with Gasteiger partial charge in [-0.1, -0.05) is 6.07 Å². The molecule has 0 unspecified atom stereocenters. The van der Waals surface area contributed by atoms with Gasteiger partial charge in [0, 0.05) is 36.3 Å². The molecule has 0 radical (unpaired) electrons. The van der Waals surface area contributed by atoms with Crippen LogP contribution < -0.4 is 4.74 Å². The quantitative estimate of drug-likeness (QED) is 0.636. The molecule has 0 N–H and O–H groups in total. The Morgan fingerprint density at radius 2 is 1.97 bits per heavy atom. The minimum absolute atomic E-state index is 0.0116. The van der Waals surface area contributed by atoms with Gasteiger partial charge in [0.2, 0.25) is 0 Å². The highest BCUT2D eigenvalue weighted by atomic mass is 19.1. The van der Waals surface area contributed by atoms with E-state index in [2.05, 4.69) is 4.98 Å². The summed E-state index contributed by atoms with van der Waals surface area (Å²) < 4.78 is 33.5. The molecule has 1 aromatic heterocycles. The lowest BCUT2D eigenvalue weighted by Gasteiger charge is -2.33. The van der Waals surface area contributed by atoms with E-state index in [1.165, 1.54) is 11.0 Å². The van der Waals surface area contributed by atoms with Crippen molar-refractivity contribution in [3.05, 3.63) is 71.1 Å². The molecule has 2 heterocycles. The number of aryl methyl sites for hydroxylation is 1. The molecule has 3 aromatic rings. The van der Waals surface area contributed by atoms with Crippen LogP contribution in [-0.4, -0.2) is 36.0 Å². The van der Waals surface area contributed by atoms with E-state index in [4.69, 9.17) is 4.74 Å². The van der Waals surface area contributed by atoms with E-state index in [-0.39, 0.29) is 5.92 Å². The van der Waals surface area contributed by atoms with Gasteiger partial charge in [-0.15, -0.1) is 0 Å². The lowest BCUT2D eigenvalue weighted by molar-refractivity contribution is 0.0696. The average Bonchev–Trinajstić information content (AvgIpc) is 2.74. The maximum atomic E-state index is 14.1. The number of methoxy groups -OCH3 is 1. The van der Waals surface area contributed by atoms with Gasteiger partial charge in [-0.25, -0.2) is 8.78 Å². The second kappa shape index (κ2) is 7.78. The zero-order valence-corrected chi connectivity index (χ0v) is 16.4. The van der Waals surface area contributed by atoms with Crippen LogP contribution in [0.15, 0.2) is 42.6 Å². The summed E-state index contributed by atoms with van der Waals surface area (Å²) >= 11 is 0. The molecular weight excluding hydrogens is 374 g/mol. The smallest absolute Gasteiger partial charge is 0.259 e. The van der Waals surface area contributed by atoms with Gasteiger partial charge < -0.3 is 9.64 Å². The Kier molecular flexibility index (Phi) is 5.18. The number of amides is 1. The highest BCUT2D eigenvalue weighted by molar-refractivity contribution is 5.95. The standard InChI is InChI=1S/C23H22F2N2O2/c1-14-17-11-20(26-12-15(17)8-9-21(14)29-2)16-5-4-10-27(13-16)23(28)22-18(24)6-3-7-19(22)25/h3,6-9,11-12,16H,4-5,10,13H2,1-2H3/t16-/m0/s1. The zero-order chi connectivity index (χ0) is 20.5. The molecule has 0 spiro atoms. The first-order chi connectivity index (χ1) is 14.0. The van der Waals surface area contributed by atoms with Gasteiger partial charge in [0.15, 0.2) is 0 Å². The molecule has 6 heteroatoms. The number of piperidine rings is 1. The fourth-order valence-electron chi connectivity index (χ4n) is 4.07. The third-order valence-electron chi connectivity index (χ3n) is 5.67. The van der Waals surface area contributed by atoms with Gasteiger partial charge in [-0.2, -0.15) is 0 Å². The summed E-state index contributed by atoms with van der Waals surface area (Å²) in [5.74, 6) is -1.45. The molecule has 2 aromatic carbocycles. The van der Waals surface area contributed by atoms with Crippen LogP contribution in [0.5, 0.6) is 5.75 Å². The summed E-state index contributed by atoms with van der Waals surface area (Å²) in [5, 5.41) is 2.07. The van der Waals surface area contributed by atoms with Crippen LogP contribution in [0.3, 0.4) is 0 Å². The van der Waals surface area contributed by atoms with E-state index >= 15 is 0 Å². The molecule has 4 rings (SSSR count). The second-order valence-corrected chi connectivity index (χ2v) is 7.41. The van der Waals surface area contributed by atoms with Crippen molar-refractivity contribution in [2.45, 2.75) is 25.7 Å². The molecule has 1 amide bonds. The maximum Gasteiger partial charge on any atom is 0.259 e. The summed E-state index contributed by atoms with van der Waals surface area (Å²) in [6.07, 6.45) is 3.45. The maximum absolute atomic E-state index is 14.1. The third-order valence-corrected chi connectivity index (χ3v) is 5.67. The van der Waals surface area contributed by atoms with Gasteiger partial charge in [0.05, 0.1) is 7.11 Å². The zero-order valence-electron chi connectivity index (χ0n) is 16.4. The number of hydrogen-bond donors (Lipinski definition) is 0. The fourth-order valence-corrected chi connectivity index (χ4v) is 4.07. The third kappa shape index (κ3) is 3.55. The minimum atomic E-state index is -0.830. The van der Waals surface area contributed by atoms with E-state index in [1.807, 2.05) is 31.3 Å². The number of nitrogens with zero attached hydrogens (tertiary/aromatic N) is 2. The van der Waals surface area contributed by atoms with Crippen molar-refractivity contribution >= 4 is 16.7 Å². The molecule has 4 nitrogen and oxygen atoms in total. The van der Waals surface area contributed by atoms with Crippen LogP contribution in [0.1, 0.15) is 40.4 Å². The van der Waals surface area contributed by atoms with Gasteiger partial charge in [-0.05, 0) is 61.0 Å². The van der Waals surface area contributed by atoms with Crippen molar-refractivity contribution in [2.75, 3.05) is 20.2 Å². The van der Waals surface area contributed by atoms with Crippen molar-refractivity contribution in [3.63, 3.8) is 0 Å². The molecule has 0 aliphatic carbocycles. The molecule has 1 atom stereocenters. The van der Waals surface area contributed by atoms with Crippen molar-refractivity contribution in [1.29, 1.82) is 0 Å². The Bertz CT molecular complexity index is 1060. The van der Waals surface area contributed by atoms with Gasteiger partial charge in [-0.3, -0.25) is 9.78 Å². The minimum Gasteiger partial charge on any atom is -0.496 e. The predicted octanol–water partition coefficient (Wildman–Crippen LogP) is 4.85. The van der Waals surface area contributed by atoms with Crippen molar-refractivity contribution in [1.82, 2.24) is 9.88 Å². The monoisotopic (exact) mass is 396 g/mol. The molecule has 150 valence electrons. The Balaban J connectivity index is 1.63. The van der Waals surface area contributed by atoms with Crippen LogP contribution in [0.4, 0.5) is 8.78 Å². The lowest BCUT2D eigenvalue weighted by atomic mass is 9.92. The molecule has 1 aliphatic rings. The summed E-state index contributed by atoms with van der Waals surface area (Å²) in [4.78, 5) is 18.9. The van der Waals surface area contributed by atoms with Gasteiger partial charge in [0.25, 0.3) is 5.91 Å². The Labute approximate surface area is 168 Å². The van der Waals surface area contributed by atoms with E-state index < -0.39 is 23.1 Å². The number of carbonyl (C=O) groups is 1. The second-order valence-electron chi connectivity index (χ2n) is 7.41. The molecule has 1 aliphatic heterocycles. The summed E-state index contributed by atoms with van der Waals surface area (Å²) in [7, 11) is 1.64. The van der Waals surface area contributed by atoms with Crippen LogP contribution in [0, 0.1) is 18.6 Å². The van der Waals surface area contributed by atoms with Gasteiger partial charge in [0.1, 0.15) is 22.9 Å². The van der Waals surface area contributed by atoms with Crippen molar-refractivity contribution in [2.24, 2.45) is 0 Å². The first-order valence-corrected chi connectivity index (χ1v) is 9.66. The number of fused-ring (bicyclic) bond motifs is 1. The first kappa shape index (κ1) is 19.3. The van der Waals surface area contributed by atoms with Crippen molar-refractivity contribution < 1.29 is 18.3 Å². The van der Waals surface area contributed by atoms with E-state index in [9.17, 15) is 13.6 Å². The SMILES string of the molecule is COc1ccc2cnc([C@H]3CCCN(C(=O)c4c(F)cccc4F)C3)cc2c1C. The topological polar surface area (TPSA) is 42.4 Å². The number of carbonyl (C=O) groups excluding carboxylic acids is 1. The highest BCUT2D eigenvalue weighted by Gasteiger charge is 2.29. The van der Waals surface area contributed by atoms with Crippen LogP contribution in [0.25, 0.3) is 10.8 Å². The number of halogens is 2. The van der Waals surface area contributed by atoms with Crippen LogP contribution >= 0.6 is 0 Å². The average molecular weight is 396 g/mol. The molecule has 1 fully saturated rings. The largest absolute Gasteiger partial charge is 0.496 e. The summed E-state index contributed by atoms with van der Waals surface area (Å²) in [6.45, 7) is 2.86. The first-order valence-electron chi connectivity index (χ1n) is 9.66. The predicted molar refractivity (Wildman–Crippen MR) is 107 cm³/mol. The van der Waals surface area contributed by atoms with Crippen LogP contribution in [0.2, 0.25) is 0 Å². The number of benzene rings is 2. The number of aromatic nitrogens is 1. The lowest BCUT2D eigenvalue weighted by Crippen LogP contribution is -2.40. The normalized spacial score (nSPS) is 16.8. The molecule has 29 heavy (non-hydrogen) atoms. The molecule has 0 saturated carbocycles. The molecule has 0 bridgehead atoms. The number of rotatable bonds is 3. The number of ether oxygens (including phenoxy) is 1. The highest BCUT2D eigenvalue weighted by Crippen LogP contribution is 2.32.